The summed E-state index contributed by atoms with van der Waals surface area (Å²) in [7, 11) is 0. The molecule has 0 saturated heterocycles. The molecule has 1 N–H and O–H groups in total. The molecule has 80 valence electrons. The van der Waals surface area contributed by atoms with Crippen molar-refractivity contribution in [2.75, 3.05) is 0 Å². The molecule has 0 saturated carbocycles. The van der Waals surface area contributed by atoms with Crippen LogP contribution in [-0.2, 0) is 0 Å². The number of H-pyrrole nitrogens is 1. The van der Waals surface area contributed by atoms with E-state index in [1.807, 2.05) is 0 Å². The van der Waals surface area contributed by atoms with E-state index >= 15 is 0 Å². The summed E-state index contributed by atoms with van der Waals surface area (Å²) < 4.78 is 15.2. The molecule has 0 aliphatic heterocycles. The van der Waals surface area contributed by atoms with Crippen molar-refractivity contribution in [1.82, 2.24) is 19.6 Å². The molecule has 7 heteroatoms. The van der Waals surface area contributed by atoms with Gasteiger partial charge in [-0.15, -0.1) is 0 Å². The van der Waals surface area contributed by atoms with Crippen molar-refractivity contribution in [2.24, 2.45) is 0 Å². The van der Waals surface area contributed by atoms with Crippen LogP contribution in [-0.4, -0.2) is 19.6 Å². The molecule has 0 spiro atoms. The van der Waals surface area contributed by atoms with Crippen LogP contribution in [0.4, 0.5) is 4.39 Å². The Bertz CT molecular complexity index is 763. The van der Waals surface area contributed by atoms with Gasteiger partial charge in [-0.1, -0.05) is 0 Å². The molecule has 0 fully saturated rings. The maximum Gasteiger partial charge on any atom is 0.348 e. The minimum Gasteiger partial charge on any atom is -0.305 e. The first kappa shape index (κ1) is 9.46. The quantitative estimate of drug-likeness (QED) is 0.679. The molecular weight excluding hydrogens is 279 g/mol. The van der Waals surface area contributed by atoms with E-state index in [9.17, 15) is 9.18 Å². The van der Waals surface area contributed by atoms with Crippen molar-refractivity contribution in [2.45, 2.75) is 0 Å². The lowest BCUT2D eigenvalue weighted by Crippen LogP contribution is -2.17. The zero-order chi connectivity index (χ0) is 11.3. The number of fused-ring (bicyclic) bond motifs is 3. The fourth-order valence-electron chi connectivity index (χ4n) is 1.60. The van der Waals surface area contributed by atoms with E-state index in [-0.39, 0.29) is 11.0 Å². The Hall–Kier alpha value is -1.76. The highest BCUT2D eigenvalue weighted by atomic mass is 79.9. The van der Waals surface area contributed by atoms with Crippen LogP contribution in [0.25, 0.3) is 16.6 Å². The van der Waals surface area contributed by atoms with Crippen molar-refractivity contribution in [1.29, 1.82) is 0 Å². The molecular formula is C9H4BrFN4O. The van der Waals surface area contributed by atoms with Gasteiger partial charge in [-0.25, -0.2) is 14.2 Å². The minimum absolute atomic E-state index is 0.206. The van der Waals surface area contributed by atoms with Gasteiger partial charge in [0.2, 0.25) is 0 Å². The Kier molecular flexibility index (Phi) is 1.84. The SMILES string of the molecule is O=c1[nH]c2ccc(Br)c(F)c2c2ncnn12. The van der Waals surface area contributed by atoms with E-state index < -0.39 is 11.5 Å². The first-order valence-corrected chi connectivity index (χ1v) is 5.17. The van der Waals surface area contributed by atoms with E-state index in [4.69, 9.17) is 0 Å². The molecule has 3 aromatic rings. The summed E-state index contributed by atoms with van der Waals surface area (Å²) in [5, 5.41) is 3.96. The Morgan fingerprint density at radius 1 is 1.44 bits per heavy atom. The summed E-state index contributed by atoms with van der Waals surface area (Å²) in [5.74, 6) is -0.466. The number of nitrogens with one attached hydrogen (secondary N) is 1. The van der Waals surface area contributed by atoms with Crippen LogP contribution in [0.1, 0.15) is 0 Å². The third-order valence-electron chi connectivity index (χ3n) is 2.30. The van der Waals surface area contributed by atoms with Gasteiger partial charge >= 0.3 is 5.69 Å². The molecule has 16 heavy (non-hydrogen) atoms. The van der Waals surface area contributed by atoms with Gasteiger partial charge in [-0.05, 0) is 28.1 Å². The van der Waals surface area contributed by atoms with Crippen molar-refractivity contribution in [3.05, 3.63) is 39.2 Å². The number of hydrogen-bond donors (Lipinski definition) is 1. The van der Waals surface area contributed by atoms with Crippen LogP contribution in [0.15, 0.2) is 27.7 Å². The lowest BCUT2D eigenvalue weighted by atomic mass is 10.2. The van der Waals surface area contributed by atoms with Crippen molar-refractivity contribution >= 4 is 32.5 Å². The van der Waals surface area contributed by atoms with Crippen LogP contribution in [0.3, 0.4) is 0 Å². The second kappa shape index (κ2) is 3.11. The molecule has 0 amide bonds. The van der Waals surface area contributed by atoms with E-state index in [0.717, 1.165) is 4.52 Å². The van der Waals surface area contributed by atoms with Crippen molar-refractivity contribution in [3.63, 3.8) is 0 Å². The Labute approximate surface area is 96.1 Å². The van der Waals surface area contributed by atoms with E-state index in [1.165, 1.54) is 12.4 Å². The summed E-state index contributed by atoms with van der Waals surface area (Å²) in [5.41, 5.74) is 0.158. The van der Waals surface area contributed by atoms with Crippen LogP contribution in [0.5, 0.6) is 0 Å². The molecule has 0 unspecified atom stereocenters. The minimum atomic E-state index is -0.466. The first-order valence-electron chi connectivity index (χ1n) is 4.38. The largest absolute Gasteiger partial charge is 0.348 e. The molecule has 0 bridgehead atoms. The topological polar surface area (TPSA) is 63.0 Å². The highest BCUT2D eigenvalue weighted by molar-refractivity contribution is 9.10. The molecule has 3 rings (SSSR count). The number of rotatable bonds is 0. The van der Waals surface area contributed by atoms with Crippen LogP contribution < -0.4 is 5.69 Å². The second-order valence-corrected chi connectivity index (χ2v) is 4.06. The van der Waals surface area contributed by atoms with Gasteiger partial charge < -0.3 is 4.98 Å². The fraction of sp³-hybridized carbons (Fsp3) is 0. The van der Waals surface area contributed by atoms with Crippen molar-refractivity contribution in [3.8, 4) is 0 Å². The lowest BCUT2D eigenvalue weighted by molar-refractivity contribution is 0.632. The fourth-order valence-corrected chi connectivity index (χ4v) is 1.93. The Morgan fingerprint density at radius 2 is 2.25 bits per heavy atom. The van der Waals surface area contributed by atoms with Gasteiger partial charge in [0, 0.05) is 0 Å². The summed E-state index contributed by atoms with van der Waals surface area (Å²) in [6.45, 7) is 0. The zero-order valence-electron chi connectivity index (χ0n) is 7.74. The summed E-state index contributed by atoms with van der Waals surface area (Å²) in [6, 6.07) is 3.14. The third-order valence-corrected chi connectivity index (χ3v) is 2.91. The number of aromatic nitrogens is 4. The number of nitrogens with zero attached hydrogens (tertiary/aromatic N) is 3. The molecule has 2 heterocycles. The van der Waals surface area contributed by atoms with Gasteiger partial charge in [-0.2, -0.15) is 9.61 Å². The second-order valence-electron chi connectivity index (χ2n) is 3.21. The molecule has 0 aliphatic rings. The summed E-state index contributed by atoms with van der Waals surface area (Å²) in [6.07, 6.45) is 1.21. The van der Waals surface area contributed by atoms with Gasteiger partial charge in [0.05, 0.1) is 15.4 Å². The normalized spacial score (nSPS) is 11.4. The highest BCUT2D eigenvalue weighted by Gasteiger charge is 2.13. The Morgan fingerprint density at radius 3 is 3.06 bits per heavy atom. The number of hydrogen-bond acceptors (Lipinski definition) is 3. The predicted octanol–water partition coefficient (Wildman–Crippen LogP) is 1.47. The monoisotopic (exact) mass is 282 g/mol. The molecule has 2 aromatic heterocycles. The molecule has 0 atom stereocenters. The maximum absolute atomic E-state index is 13.9. The molecule has 5 nitrogen and oxygen atoms in total. The summed E-state index contributed by atoms with van der Waals surface area (Å²) >= 11 is 3.08. The smallest absolute Gasteiger partial charge is 0.305 e. The zero-order valence-corrected chi connectivity index (χ0v) is 9.32. The van der Waals surface area contributed by atoms with E-state index in [2.05, 4.69) is 31.0 Å². The Balaban J connectivity index is 2.72. The van der Waals surface area contributed by atoms with E-state index in [0.29, 0.717) is 9.99 Å². The average molecular weight is 283 g/mol. The number of aromatic amines is 1. The molecule has 0 aliphatic carbocycles. The predicted molar refractivity (Wildman–Crippen MR) is 58.8 cm³/mol. The standard InChI is InChI=1S/C9H4BrFN4O/c10-4-1-2-5-6(7(4)11)8-12-3-13-15(8)9(16)14-5/h1-3H,(H,14,16). The maximum atomic E-state index is 13.9. The van der Waals surface area contributed by atoms with Crippen molar-refractivity contribution < 1.29 is 4.39 Å². The van der Waals surface area contributed by atoms with E-state index in [1.54, 1.807) is 6.07 Å². The molecule has 0 radical (unpaired) electrons. The van der Waals surface area contributed by atoms with Crippen LogP contribution in [0.2, 0.25) is 0 Å². The third kappa shape index (κ3) is 1.12. The number of halogens is 2. The van der Waals surface area contributed by atoms with Crippen LogP contribution in [0, 0.1) is 5.82 Å². The molecule has 1 aromatic carbocycles. The van der Waals surface area contributed by atoms with Crippen LogP contribution >= 0.6 is 15.9 Å². The van der Waals surface area contributed by atoms with Gasteiger partial charge in [0.25, 0.3) is 0 Å². The first-order chi connectivity index (χ1) is 7.68. The summed E-state index contributed by atoms with van der Waals surface area (Å²) in [4.78, 5) is 17.9. The highest BCUT2D eigenvalue weighted by Crippen LogP contribution is 2.24. The number of benzene rings is 1. The van der Waals surface area contributed by atoms with Gasteiger partial charge in [0.15, 0.2) is 5.65 Å². The average Bonchev–Trinajstić information content (AvgIpc) is 2.73. The van der Waals surface area contributed by atoms with Gasteiger partial charge in [-0.3, -0.25) is 0 Å². The lowest BCUT2D eigenvalue weighted by Gasteiger charge is -2.02. The van der Waals surface area contributed by atoms with Gasteiger partial charge in [0.1, 0.15) is 12.1 Å².